The van der Waals surface area contributed by atoms with E-state index in [9.17, 15) is 0 Å². The molecule has 1 atom stereocenters. The van der Waals surface area contributed by atoms with Crippen molar-refractivity contribution >= 4 is 15.9 Å². The van der Waals surface area contributed by atoms with Gasteiger partial charge in [-0.1, -0.05) is 6.07 Å². The molecular weight excluding hydrogens is 290 g/mol. The summed E-state index contributed by atoms with van der Waals surface area (Å²) in [4.78, 5) is 4.34. The smallest absolute Gasteiger partial charge is 0.0997 e. The van der Waals surface area contributed by atoms with Crippen LogP contribution in [0.3, 0.4) is 0 Å². The summed E-state index contributed by atoms with van der Waals surface area (Å²) in [6.45, 7) is 6.25. The summed E-state index contributed by atoms with van der Waals surface area (Å²) in [6, 6.07) is 6.78. The van der Waals surface area contributed by atoms with Crippen molar-refractivity contribution in [2.75, 3.05) is 7.05 Å². The number of aryl methyl sites for hydroxylation is 1. The number of rotatable bonds is 3. The van der Waals surface area contributed by atoms with Crippen LogP contribution in [0.5, 0.6) is 0 Å². The highest BCUT2D eigenvalue weighted by atomic mass is 79.9. The standard InChI is InChI=1S/C14H18BrN3/c1-9-11(3)18(8-17-9)14-6-5-12(7-13(14)15)10(2)16-4/h5-8,10,16H,1-4H3. The van der Waals surface area contributed by atoms with Gasteiger partial charge in [-0.2, -0.15) is 0 Å². The Morgan fingerprint density at radius 3 is 2.56 bits per heavy atom. The minimum absolute atomic E-state index is 0.348. The molecule has 1 unspecified atom stereocenters. The largest absolute Gasteiger partial charge is 0.313 e. The molecule has 0 amide bonds. The summed E-state index contributed by atoms with van der Waals surface area (Å²) in [5.74, 6) is 0. The lowest BCUT2D eigenvalue weighted by Gasteiger charge is -2.14. The van der Waals surface area contributed by atoms with E-state index in [1.54, 1.807) is 0 Å². The first-order chi connectivity index (χ1) is 8.54. The number of hydrogen-bond donors (Lipinski definition) is 1. The van der Waals surface area contributed by atoms with Crippen molar-refractivity contribution in [2.24, 2.45) is 0 Å². The van der Waals surface area contributed by atoms with Gasteiger partial charge in [0.05, 0.1) is 17.7 Å². The Morgan fingerprint density at radius 1 is 1.33 bits per heavy atom. The molecule has 0 aliphatic rings. The van der Waals surface area contributed by atoms with Gasteiger partial charge >= 0.3 is 0 Å². The molecule has 0 radical (unpaired) electrons. The maximum atomic E-state index is 4.34. The van der Waals surface area contributed by atoms with Gasteiger partial charge in [0.15, 0.2) is 0 Å². The van der Waals surface area contributed by atoms with Crippen molar-refractivity contribution in [1.29, 1.82) is 0 Å². The molecule has 0 fully saturated rings. The van der Waals surface area contributed by atoms with E-state index in [1.807, 2.05) is 20.3 Å². The lowest BCUT2D eigenvalue weighted by Crippen LogP contribution is -2.12. The van der Waals surface area contributed by atoms with Crippen LogP contribution in [0.1, 0.15) is 29.9 Å². The SMILES string of the molecule is CNC(C)c1ccc(-n2cnc(C)c2C)c(Br)c1. The second-order valence-electron chi connectivity index (χ2n) is 4.51. The van der Waals surface area contributed by atoms with Crippen LogP contribution in [0.2, 0.25) is 0 Å². The van der Waals surface area contributed by atoms with Gasteiger partial charge < -0.3 is 9.88 Å². The van der Waals surface area contributed by atoms with Crippen LogP contribution in [0.4, 0.5) is 0 Å². The molecule has 96 valence electrons. The van der Waals surface area contributed by atoms with Gasteiger partial charge in [0.2, 0.25) is 0 Å². The van der Waals surface area contributed by atoms with Gasteiger partial charge in [-0.3, -0.25) is 0 Å². The molecule has 0 aliphatic carbocycles. The van der Waals surface area contributed by atoms with Crippen molar-refractivity contribution in [2.45, 2.75) is 26.8 Å². The zero-order chi connectivity index (χ0) is 13.3. The second kappa shape index (κ2) is 5.24. The van der Waals surface area contributed by atoms with Crippen LogP contribution in [-0.4, -0.2) is 16.6 Å². The van der Waals surface area contributed by atoms with Gasteiger partial charge in [0.25, 0.3) is 0 Å². The summed E-state index contributed by atoms with van der Waals surface area (Å²) in [5.41, 5.74) is 4.63. The Kier molecular flexibility index (Phi) is 3.88. The molecule has 1 N–H and O–H groups in total. The number of nitrogens with zero attached hydrogens (tertiary/aromatic N) is 2. The normalized spacial score (nSPS) is 12.7. The first kappa shape index (κ1) is 13.3. The topological polar surface area (TPSA) is 29.9 Å². The van der Waals surface area contributed by atoms with Crippen molar-refractivity contribution in [3.63, 3.8) is 0 Å². The molecule has 1 heterocycles. The summed E-state index contributed by atoms with van der Waals surface area (Å²) in [6.07, 6.45) is 1.87. The Bertz CT molecular complexity index is 560. The molecular formula is C14H18BrN3. The molecule has 1 aromatic carbocycles. The number of imidazole rings is 1. The average molecular weight is 308 g/mol. The van der Waals surface area contributed by atoms with E-state index in [4.69, 9.17) is 0 Å². The molecule has 0 bridgehead atoms. The summed E-state index contributed by atoms with van der Waals surface area (Å²) < 4.78 is 3.19. The number of nitrogens with one attached hydrogen (secondary N) is 1. The maximum absolute atomic E-state index is 4.34. The number of benzene rings is 1. The third-order valence-electron chi connectivity index (χ3n) is 3.42. The molecule has 0 spiro atoms. The molecule has 0 aliphatic heterocycles. The molecule has 0 saturated carbocycles. The van der Waals surface area contributed by atoms with Crippen molar-refractivity contribution in [3.8, 4) is 5.69 Å². The number of hydrogen-bond acceptors (Lipinski definition) is 2. The molecule has 3 nitrogen and oxygen atoms in total. The summed E-state index contributed by atoms with van der Waals surface area (Å²) in [7, 11) is 1.97. The predicted octanol–water partition coefficient (Wildman–Crippen LogP) is 3.53. The molecule has 2 rings (SSSR count). The zero-order valence-electron chi connectivity index (χ0n) is 11.2. The van der Waals surface area contributed by atoms with E-state index in [0.717, 1.165) is 15.9 Å². The Hall–Kier alpha value is -1.13. The van der Waals surface area contributed by atoms with E-state index >= 15 is 0 Å². The zero-order valence-corrected chi connectivity index (χ0v) is 12.7. The Morgan fingerprint density at radius 2 is 2.06 bits per heavy atom. The fourth-order valence-electron chi connectivity index (χ4n) is 1.90. The maximum Gasteiger partial charge on any atom is 0.0997 e. The average Bonchev–Trinajstić information content (AvgIpc) is 2.69. The van der Waals surface area contributed by atoms with E-state index in [-0.39, 0.29) is 0 Å². The van der Waals surface area contributed by atoms with Crippen molar-refractivity contribution in [3.05, 3.63) is 46.0 Å². The van der Waals surface area contributed by atoms with E-state index in [2.05, 4.69) is 62.8 Å². The third kappa shape index (κ3) is 2.35. The van der Waals surface area contributed by atoms with E-state index < -0.39 is 0 Å². The molecule has 0 saturated heterocycles. The van der Waals surface area contributed by atoms with Gasteiger partial charge in [-0.05, 0) is 61.4 Å². The van der Waals surface area contributed by atoms with Crippen LogP contribution in [-0.2, 0) is 0 Å². The fourth-order valence-corrected chi connectivity index (χ4v) is 2.48. The lowest BCUT2D eigenvalue weighted by molar-refractivity contribution is 0.652. The molecule has 1 aromatic heterocycles. The van der Waals surface area contributed by atoms with Crippen LogP contribution >= 0.6 is 15.9 Å². The van der Waals surface area contributed by atoms with Crippen LogP contribution in [0.15, 0.2) is 29.0 Å². The van der Waals surface area contributed by atoms with E-state index in [0.29, 0.717) is 6.04 Å². The minimum atomic E-state index is 0.348. The monoisotopic (exact) mass is 307 g/mol. The van der Waals surface area contributed by atoms with Crippen molar-refractivity contribution in [1.82, 2.24) is 14.9 Å². The lowest BCUT2D eigenvalue weighted by atomic mass is 10.1. The van der Waals surface area contributed by atoms with Crippen LogP contribution < -0.4 is 5.32 Å². The molecule has 4 heteroatoms. The van der Waals surface area contributed by atoms with Gasteiger partial charge in [-0.25, -0.2) is 4.98 Å². The molecule has 18 heavy (non-hydrogen) atoms. The second-order valence-corrected chi connectivity index (χ2v) is 5.36. The minimum Gasteiger partial charge on any atom is -0.313 e. The van der Waals surface area contributed by atoms with Crippen molar-refractivity contribution < 1.29 is 0 Å². The predicted molar refractivity (Wildman–Crippen MR) is 78.2 cm³/mol. The fraction of sp³-hybridized carbons (Fsp3) is 0.357. The van der Waals surface area contributed by atoms with Crippen LogP contribution in [0.25, 0.3) is 5.69 Å². The number of aromatic nitrogens is 2. The van der Waals surface area contributed by atoms with Gasteiger partial charge in [0.1, 0.15) is 0 Å². The Balaban J connectivity index is 2.45. The third-order valence-corrected chi connectivity index (χ3v) is 4.05. The highest BCUT2D eigenvalue weighted by Gasteiger charge is 2.10. The van der Waals surface area contributed by atoms with Gasteiger partial charge in [-0.15, -0.1) is 0 Å². The highest BCUT2D eigenvalue weighted by Crippen LogP contribution is 2.26. The van der Waals surface area contributed by atoms with Gasteiger partial charge in [0, 0.05) is 16.2 Å². The Labute approximate surface area is 116 Å². The quantitative estimate of drug-likeness (QED) is 0.940. The molecule has 2 aromatic rings. The number of halogens is 1. The first-order valence-electron chi connectivity index (χ1n) is 6.02. The van der Waals surface area contributed by atoms with Crippen LogP contribution in [0, 0.1) is 13.8 Å². The van der Waals surface area contributed by atoms with E-state index in [1.165, 1.54) is 11.3 Å². The first-order valence-corrected chi connectivity index (χ1v) is 6.81. The highest BCUT2D eigenvalue weighted by molar-refractivity contribution is 9.10. The summed E-state index contributed by atoms with van der Waals surface area (Å²) in [5, 5.41) is 3.24. The summed E-state index contributed by atoms with van der Waals surface area (Å²) >= 11 is 3.65.